The Morgan fingerprint density at radius 3 is 2.33 bits per heavy atom. The Morgan fingerprint density at radius 1 is 1.42 bits per heavy atom. The highest BCUT2D eigenvalue weighted by molar-refractivity contribution is 5.69. The molecule has 0 spiro atoms. The second-order valence-electron chi connectivity index (χ2n) is 2.93. The minimum atomic E-state index is -0.0492. The number of methoxy groups -OCH3 is 1. The summed E-state index contributed by atoms with van der Waals surface area (Å²) in [5.74, 6) is 0.569. The maximum Gasteiger partial charge on any atom is 0.305 e. The highest BCUT2D eigenvalue weighted by Crippen LogP contribution is 2.27. The molecule has 0 atom stereocenters. The van der Waals surface area contributed by atoms with Crippen LogP contribution in [0.5, 0.6) is 0 Å². The van der Waals surface area contributed by atoms with Crippen molar-refractivity contribution in [1.82, 2.24) is 0 Å². The monoisotopic (exact) mass is 174 g/mol. The molecule has 3 nitrogen and oxygen atoms in total. The maximum atomic E-state index is 10.7. The third kappa shape index (κ3) is 4.34. The summed E-state index contributed by atoms with van der Waals surface area (Å²) in [6.07, 6.45) is 5.66. The molecular weight excluding hydrogens is 156 g/mol. The predicted octanol–water partition coefficient (Wildman–Crippen LogP) is 1.35. The molecule has 1 saturated carbocycles. The summed E-state index contributed by atoms with van der Waals surface area (Å²) >= 11 is 0. The van der Waals surface area contributed by atoms with Gasteiger partial charge in [0, 0.05) is 13.5 Å². The van der Waals surface area contributed by atoms with Crippen LogP contribution in [-0.4, -0.2) is 25.3 Å². The SMILES string of the molecule is CO.COC(=O)CC1CCCC1. The first-order valence-electron chi connectivity index (χ1n) is 4.34. The van der Waals surface area contributed by atoms with Gasteiger partial charge in [-0.15, -0.1) is 0 Å². The molecule has 0 aromatic carbocycles. The molecule has 1 fully saturated rings. The Kier molecular flexibility index (Phi) is 6.76. The fourth-order valence-electron chi connectivity index (χ4n) is 1.53. The Morgan fingerprint density at radius 2 is 1.92 bits per heavy atom. The minimum absolute atomic E-state index is 0.0492. The van der Waals surface area contributed by atoms with E-state index in [1.807, 2.05) is 0 Å². The van der Waals surface area contributed by atoms with Crippen LogP contribution in [0, 0.1) is 5.92 Å². The van der Waals surface area contributed by atoms with Crippen molar-refractivity contribution in [2.75, 3.05) is 14.2 Å². The van der Waals surface area contributed by atoms with E-state index in [1.54, 1.807) is 0 Å². The molecule has 1 rings (SSSR count). The fourth-order valence-corrected chi connectivity index (χ4v) is 1.53. The van der Waals surface area contributed by atoms with Crippen molar-refractivity contribution in [3.05, 3.63) is 0 Å². The zero-order valence-electron chi connectivity index (χ0n) is 7.88. The predicted molar refractivity (Wildman–Crippen MR) is 46.7 cm³/mol. The van der Waals surface area contributed by atoms with Crippen molar-refractivity contribution >= 4 is 5.97 Å². The van der Waals surface area contributed by atoms with Gasteiger partial charge in [0.25, 0.3) is 0 Å². The molecule has 0 aliphatic heterocycles. The van der Waals surface area contributed by atoms with Crippen LogP contribution in [0.1, 0.15) is 32.1 Å². The number of carbonyl (C=O) groups excluding carboxylic acids is 1. The molecule has 72 valence electrons. The van der Waals surface area contributed by atoms with E-state index in [-0.39, 0.29) is 5.97 Å². The summed E-state index contributed by atoms with van der Waals surface area (Å²) in [6.45, 7) is 0. The summed E-state index contributed by atoms with van der Waals surface area (Å²) in [7, 11) is 2.46. The second-order valence-corrected chi connectivity index (χ2v) is 2.93. The van der Waals surface area contributed by atoms with Crippen LogP contribution >= 0.6 is 0 Å². The minimum Gasteiger partial charge on any atom is -0.469 e. The van der Waals surface area contributed by atoms with E-state index in [0.717, 1.165) is 7.11 Å². The molecule has 0 unspecified atom stereocenters. The van der Waals surface area contributed by atoms with Crippen molar-refractivity contribution in [1.29, 1.82) is 0 Å². The fraction of sp³-hybridized carbons (Fsp3) is 0.889. The van der Waals surface area contributed by atoms with E-state index in [4.69, 9.17) is 5.11 Å². The second kappa shape index (κ2) is 7.10. The third-order valence-corrected chi connectivity index (χ3v) is 2.16. The van der Waals surface area contributed by atoms with Crippen LogP contribution in [0.4, 0.5) is 0 Å². The Balaban J connectivity index is 0.000000561. The van der Waals surface area contributed by atoms with Crippen molar-refractivity contribution in [2.24, 2.45) is 5.92 Å². The van der Waals surface area contributed by atoms with Crippen molar-refractivity contribution < 1.29 is 14.6 Å². The molecule has 0 aromatic heterocycles. The van der Waals surface area contributed by atoms with Crippen molar-refractivity contribution in [3.63, 3.8) is 0 Å². The van der Waals surface area contributed by atoms with Gasteiger partial charge < -0.3 is 9.84 Å². The van der Waals surface area contributed by atoms with E-state index in [0.29, 0.717) is 12.3 Å². The first kappa shape index (κ1) is 11.4. The van der Waals surface area contributed by atoms with Gasteiger partial charge in [-0.05, 0) is 18.8 Å². The van der Waals surface area contributed by atoms with Crippen LogP contribution in [-0.2, 0) is 9.53 Å². The summed E-state index contributed by atoms with van der Waals surface area (Å²) in [4.78, 5) is 10.7. The lowest BCUT2D eigenvalue weighted by atomic mass is 10.1. The number of aliphatic hydroxyl groups excluding tert-OH is 1. The lowest BCUT2D eigenvalue weighted by molar-refractivity contribution is -0.141. The molecule has 1 aliphatic rings. The van der Waals surface area contributed by atoms with E-state index >= 15 is 0 Å². The van der Waals surface area contributed by atoms with E-state index in [2.05, 4.69) is 4.74 Å². The molecular formula is C9H18O3. The zero-order valence-corrected chi connectivity index (χ0v) is 7.88. The molecule has 1 N–H and O–H groups in total. The van der Waals surface area contributed by atoms with E-state index in [1.165, 1.54) is 32.8 Å². The van der Waals surface area contributed by atoms with E-state index < -0.39 is 0 Å². The number of esters is 1. The lowest BCUT2D eigenvalue weighted by Crippen LogP contribution is -2.06. The van der Waals surface area contributed by atoms with Gasteiger partial charge in [0.1, 0.15) is 0 Å². The van der Waals surface area contributed by atoms with Crippen LogP contribution < -0.4 is 0 Å². The van der Waals surface area contributed by atoms with Gasteiger partial charge in [-0.2, -0.15) is 0 Å². The Labute approximate surface area is 73.7 Å². The summed E-state index contributed by atoms with van der Waals surface area (Å²) in [5, 5.41) is 7.00. The quantitative estimate of drug-likeness (QED) is 0.643. The highest BCUT2D eigenvalue weighted by Gasteiger charge is 2.18. The number of rotatable bonds is 2. The summed E-state index contributed by atoms with van der Waals surface area (Å²) in [5.41, 5.74) is 0. The molecule has 1 aliphatic carbocycles. The molecule has 12 heavy (non-hydrogen) atoms. The molecule has 0 aromatic rings. The number of hydrogen-bond donors (Lipinski definition) is 1. The van der Waals surface area contributed by atoms with Gasteiger partial charge in [0.05, 0.1) is 7.11 Å². The normalized spacial score (nSPS) is 16.6. The lowest BCUT2D eigenvalue weighted by Gasteiger charge is -2.04. The van der Waals surface area contributed by atoms with Crippen molar-refractivity contribution in [2.45, 2.75) is 32.1 Å². The van der Waals surface area contributed by atoms with Gasteiger partial charge in [-0.3, -0.25) is 4.79 Å². The first-order chi connectivity index (χ1) is 5.83. The molecule has 0 radical (unpaired) electrons. The number of carbonyl (C=O) groups is 1. The van der Waals surface area contributed by atoms with Crippen LogP contribution in [0.25, 0.3) is 0 Å². The summed E-state index contributed by atoms with van der Waals surface area (Å²) in [6, 6.07) is 0. The Bertz CT molecular complexity index is 117. The van der Waals surface area contributed by atoms with E-state index in [9.17, 15) is 4.79 Å². The first-order valence-corrected chi connectivity index (χ1v) is 4.34. The van der Waals surface area contributed by atoms with Gasteiger partial charge in [0.15, 0.2) is 0 Å². The number of hydrogen-bond acceptors (Lipinski definition) is 3. The average Bonchev–Trinajstić information content (AvgIpc) is 2.60. The Hall–Kier alpha value is -0.570. The average molecular weight is 174 g/mol. The molecule has 0 bridgehead atoms. The summed E-state index contributed by atoms with van der Waals surface area (Å²) < 4.78 is 4.57. The van der Waals surface area contributed by atoms with Crippen molar-refractivity contribution in [3.8, 4) is 0 Å². The topological polar surface area (TPSA) is 46.5 Å². The third-order valence-electron chi connectivity index (χ3n) is 2.16. The molecule has 0 saturated heterocycles. The van der Waals surface area contributed by atoms with Gasteiger partial charge >= 0.3 is 5.97 Å². The molecule has 3 heteroatoms. The van der Waals surface area contributed by atoms with Gasteiger partial charge in [-0.1, -0.05) is 12.8 Å². The number of ether oxygens (including phenoxy) is 1. The number of aliphatic hydroxyl groups is 1. The highest BCUT2D eigenvalue weighted by atomic mass is 16.5. The standard InChI is InChI=1S/C8H14O2.CH4O/c1-10-8(9)6-7-4-2-3-5-7;1-2/h7H,2-6H2,1H3;2H,1H3. The van der Waals surface area contributed by atoms with Crippen LogP contribution in [0.15, 0.2) is 0 Å². The van der Waals surface area contributed by atoms with Gasteiger partial charge in [0.2, 0.25) is 0 Å². The smallest absolute Gasteiger partial charge is 0.305 e. The van der Waals surface area contributed by atoms with Crippen LogP contribution in [0.2, 0.25) is 0 Å². The van der Waals surface area contributed by atoms with Gasteiger partial charge in [-0.25, -0.2) is 0 Å². The largest absolute Gasteiger partial charge is 0.469 e. The molecule has 0 amide bonds. The molecule has 0 heterocycles. The maximum absolute atomic E-state index is 10.7. The zero-order chi connectivity index (χ0) is 9.40. The van der Waals surface area contributed by atoms with Crippen LogP contribution in [0.3, 0.4) is 0 Å².